The van der Waals surface area contributed by atoms with E-state index in [0.717, 1.165) is 37.6 Å². The van der Waals surface area contributed by atoms with E-state index in [0.29, 0.717) is 6.61 Å². The van der Waals surface area contributed by atoms with Gasteiger partial charge in [0.1, 0.15) is 11.9 Å². The molecule has 6 heteroatoms. The lowest BCUT2D eigenvalue weighted by Gasteiger charge is -2.23. The molecule has 0 aliphatic carbocycles. The molecule has 22 heavy (non-hydrogen) atoms. The van der Waals surface area contributed by atoms with Crippen LogP contribution in [-0.2, 0) is 4.74 Å². The highest BCUT2D eigenvalue weighted by Crippen LogP contribution is 2.37. The summed E-state index contributed by atoms with van der Waals surface area (Å²) in [6.07, 6.45) is 9.00. The largest absolute Gasteiger partial charge is 0.486 e. The first-order valence-electron chi connectivity index (χ1n) is 7.56. The van der Waals surface area contributed by atoms with E-state index in [9.17, 15) is 0 Å². The molecule has 2 aromatic heterocycles. The molecule has 1 spiro atoms. The van der Waals surface area contributed by atoms with Crippen LogP contribution in [0.2, 0.25) is 0 Å². The minimum atomic E-state index is -0.133. The van der Waals surface area contributed by atoms with Gasteiger partial charge in [-0.1, -0.05) is 0 Å². The minimum Gasteiger partial charge on any atom is -0.486 e. The van der Waals surface area contributed by atoms with Crippen LogP contribution >= 0.6 is 0 Å². The quantitative estimate of drug-likeness (QED) is 0.859. The van der Waals surface area contributed by atoms with Crippen molar-refractivity contribution in [2.45, 2.75) is 24.5 Å². The Bertz CT molecular complexity index is 625. The van der Waals surface area contributed by atoms with Crippen LogP contribution in [0.5, 0.6) is 5.75 Å². The van der Waals surface area contributed by atoms with Crippen LogP contribution in [0, 0.1) is 0 Å². The van der Waals surface area contributed by atoms with E-state index in [4.69, 9.17) is 9.47 Å². The van der Waals surface area contributed by atoms with Gasteiger partial charge in [-0.05, 0) is 24.6 Å². The predicted molar refractivity (Wildman–Crippen MR) is 80.8 cm³/mol. The zero-order valence-electron chi connectivity index (χ0n) is 12.3. The summed E-state index contributed by atoms with van der Waals surface area (Å²) in [5.41, 5.74) is -0.133. The van der Waals surface area contributed by atoms with E-state index in [-0.39, 0.29) is 11.7 Å². The van der Waals surface area contributed by atoms with Crippen LogP contribution in [-0.4, -0.2) is 46.4 Å². The number of anilines is 1. The standard InChI is InChI=1S/C16H18N4O2/c1-3-13(10-17-5-1)22-14-9-16(21-11-14)4-8-20(12-16)15-18-6-2-7-19-15/h1-3,5-7,10,14H,4,8-9,11-12H2/t14-,16-/m0/s1. The van der Waals surface area contributed by atoms with Crippen molar-refractivity contribution in [2.75, 3.05) is 24.6 Å². The van der Waals surface area contributed by atoms with Gasteiger partial charge in [0.2, 0.25) is 5.95 Å². The van der Waals surface area contributed by atoms with Crippen molar-refractivity contribution in [3.05, 3.63) is 43.0 Å². The van der Waals surface area contributed by atoms with Crippen molar-refractivity contribution >= 4 is 5.95 Å². The number of ether oxygens (including phenoxy) is 2. The molecule has 2 saturated heterocycles. The molecule has 4 heterocycles. The molecule has 4 rings (SSSR count). The minimum absolute atomic E-state index is 0.0841. The van der Waals surface area contributed by atoms with Gasteiger partial charge in [0, 0.05) is 31.6 Å². The SMILES string of the molecule is c1cnc(N2CC[C@]3(C[C@H](Oc4cccnc4)CO3)C2)nc1. The fraction of sp³-hybridized carbons (Fsp3) is 0.438. The third kappa shape index (κ3) is 2.62. The van der Waals surface area contributed by atoms with Crippen molar-refractivity contribution in [3.63, 3.8) is 0 Å². The van der Waals surface area contributed by atoms with Crippen molar-refractivity contribution in [1.82, 2.24) is 15.0 Å². The molecule has 0 amide bonds. The molecule has 0 radical (unpaired) electrons. The summed E-state index contributed by atoms with van der Waals surface area (Å²) < 4.78 is 12.1. The van der Waals surface area contributed by atoms with Gasteiger partial charge in [-0.3, -0.25) is 4.98 Å². The van der Waals surface area contributed by atoms with Crippen LogP contribution in [0.15, 0.2) is 43.0 Å². The van der Waals surface area contributed by atoms with E-state index < -0.39 is 0 Å². The first-order chi connectivity index (χ1) is 10.8. The Labute approximate surface area is 129 Å². The van der Waals surface area contributed by atoms with Crippen molar-refractivity contribution in [1.29, 1.82) is 0 Å². The van der Waals surface area contributed by atoms with E-state index in [1.54, 1.807) is 24.8 Å². The highest BCUT2D eigenvalue weighted by atomic mass is 16.6. The molecule has 0 N–H and O–H groups in total. The van der Waals surface area contributed by atoms with Gasteiger partial charge in [0.15, 0.2) is 0 Å². The number of nitrogens with zero attached hydrogens (tertiary/aromatic N) is 4. The first kappa shape index (κ1) is 13.5. The number of hydrogen-bond donors (Lipinski definition) is 0. The van der Waals surface area contributed by atoms with Crippen LogP contribution in [0.3, 0.4) is 0 Å². The summed E-state index contributed by atoms with van der Waals surface area (Å²) in [5, 5.41) is 0. The monoisotopic (exact) mass is 298 g/mol. The molecule has 0 bridgehead atoms. The maximum absolute atomic E-state index is 6.10. The average molecular weight is 298 g/mol. The smallest absolute Gasteiger partial charge is 0.225 e. The second kappa shape index (κ2) is 5.53. The van der Waals surface area contributed by atoms with Crippen LogP contribution in [0.4, 0.5) is 5.95 Å². The topological polar surface area (TPSA) is 60.4 Å². The Hall–Kier alpha value is -2.21. The summed E-state index contributed by atoms with van der Waals surface area (Å²) in [6.45, 7) is 2.37. The fourth-order valence-corrected chi connectivity index (χ4v) is 3.24. The highest BCUT2D eigenvalue weighted by molar-refractivity contribution is 5.33. The maximum atomic E-state index is 6.10. The molecule has 0 unspecified atom stereocenters. The third-order valence-electron chi connectivity index (χ3n) is 4.26. The molecule has 2 fully saturated rings. The third-order valence-corrected chi connectivity index (χ3v) is 4.26. The Balaban J connectivity index is 1.40. The average Bonchev–Trinajstić information content (AvgIpc) is 3.17. The van der Waals surface area contributed by atoms with Crippen molar-refractivity contribution in [2.24, 2.45) is 0 Å². The molecule has 2 atom stereocenters. The molecular weight excluding hydrogens is 280 g/mol. The molecular formula is C16H18N4O2. The first-order valence-corrected chi connectivity index (χ1v) is 7.56. The Morgan fingerprint density at radius 1 is 1.23 bits per heavy atom. The number of aromatic nitrogens is 3. The lowest BCUT2D eigenvalue weighted by molar-refractivity contribution is 0.0195. The Kier molecular flexibility index (Phi) is 3.38. The van der Waals surface area contributed by atoms with Gasteiger partial charge in [0.05, 0.1) is 24.9 Å². The van der Waals surface area contributed by atoms with Gasteiger partial charge in [-0.2, -0.15) is 0 Å². The zero-order valence-corrected chi connectivity index (χ0v) is 12.3. The number of rotatable bonds is 3. The van der Waals surface area contributed by atoms with Crippen LogP contribution in [0.1, 0.15) is 12.8 Å². The normalized spacial score (nSPS) is 27.5. The van der Waals surface area contributed by atoms with Gasteiger partial charge in [0.25, 0.3) is 0 Å². The Morgan fingerprint density at radius 3 is 2.95 bits per heavy atom. The second-order valence-corrected chi connectivity index (χ2v) is 5.85. The maximum Gasteiger partial charge on any atom is 0.225 e. The predicted octanol–water partition coefficient (Wildman–Crippen LogP) is 1.69. The Morgan fingerprint density at radius 2 is 2.14 bits per heavy atom. The number of pyridine rings is 1. The summed E-state index contributed by atoms with van der Waals surface area (Å²) in [5.74, 6) is 1.58. The summed E-state index contributed by atoms with van der Waals surface area (Å²) in [7, 11) is 0. The van der Waals surface area contributed by atoms with Gasteiger partial charge >= 0.3 is 0 Å². The molecule has 2 aliphatic rings. The molecule has 0 aromatic carbocycles. The number of hydrogen-bond acceptors (Lipinski definition) is 6. The molecule has 2 aliphatic heterocycles. The van der Waals surface area contributed by atoms with Crippen LogP contribution in [0.25, 0.3) is 0 Å². The van der Waals surface area contributed by atoms with Gasteiger partial charge in [-0.25, -0.2) is 9.97 Å². The molecule has 114 valence electrons. The molecule has 6 nitrogen and oxygen atoms in total. The second-order valence-electron chi connectivity index (χ2n) is 5.85. The lowest BCUT2D eigenvalue weighted by Crippen LogP contribution is -2.34. The van der Waals surface area contributed by atoms with E-state index in [1.807, 2.05) is 18.2 Å². The molecule has 2 aromatic rings. The summed E-state index contributed by atoms with van der Waals surface area (Å²) in [6, 6.07) is 5.64. The van der Waals surface area contributed by atoms with Crippen LogP contribution < -0.4 is 9.64 Å². The summed E-state index contributed by atoms with van der Waals surface area (Å²) in [4.78, 5) is 14.9. The van der Waals surface area contributed by atoms with Crippen molar-refractivity contribution in [3.8, 4) is 5.75 Å². The van der Waals surface area contributed by atoms with E-state index in [2.05, 4.69) is 19.9 Å². The fourth-order valence-electron chi connectivity index (χ4n) is 3.24. The summed E-state index contributed by atoms with van der Waals surface area (Å²) >= 11 is 0. The van der Waals surface area contributed by atoms with Crippen molar-refractivity contribution < 1.29 is 9.47 Å². The van der Waals surface area contributed by atoms with E-state index in [1.165, 1.54) is 0 Å². The lowest BCUT2D eigenvalue weighted by atomic mass is 9.98. The highest BCUT2D eigenvalue weighted by Gasteiger charge is 2.47. The van der Waals surface area contributed by atoms with Gasteiger partial charge in [-0.15, -0.1) is 0 Å². The van der Waals surface area contributed by atoms with Gasteiger partial charge < -0.3 is 14.4 Å². The molecule has 0 saturated carbocycles. The van der Waals surface area contributed by atoms with E-state index >= 15 is 0 Å². The zero-order chi connectivity index (χ0) is 14.8.